The highest BCUT2D eigenvalue weighted by Crippen LogP contribution is 2.28. The molecule has 120 valence electrons. The maximum absolute atomic E-state index is 11.6. The van der Waals surface area contributed by atoms with Gasteiger partial charge in [-0.1, -0.05) is 0 Å². The summed E-state index contributed by atoms with van der Waals surface area (Å²) in [6.07, 6.45) is 3.18. The average molecular weight is 321 g/mol. The van der Waals surface area contributed by atoms with Crippen LogP contribution in [0, 0.1) is 34.0 Å². The standard InChI is InChI=1S/C17H15N5O2/c18-9-12(10-19)15(11-20)21-13-4-5-16(14(8-13)17(23)24)22-6-2-1-3-7-22/h4-5,8,21H,1-3,6-7H2,(H,23,24). The van der Waals surface area contributed by atoms with Gasteiger partial charge in [0.1, 0.15) is 23.9 Å². The van der Waals surface area contributed by atoms with Crippen LogP contribution in [0.4, 0.5) is 11.4 Å². The molecule has 7 nitrogen and oxygen atoms in total. The number of nitrogens with zero attached hydrogens (tertiary/aromatic N) is 4. The van der Waals surface area contributed by atoms with Gasteiger partial charge in [0.25, 0.3) is 0 Å². The predicted octanol–water partition coefficient (Wildman–Crippen LogP) is 2.61. The van der Waals surface area contributed by atoms with Crippen molar-refractivity contribution in [3.63, 3.8) is 0 Å². The first-order chi connectivity index (χ1) is 11.6. The van der Waals surface area contributed by atoms with Crippen molar-refractivity contribution in [2.45, 2.75) is 19.3 Å². The van der Waals surface area contributed by atoms with E-state index < -0.39 is 5.97 Å². The van der Waals surface area contributed by atoms with Crippen LogP contribution < -0.4 is 10.2 Å². The van der Waals surface area contributed by atoms with Crippen molar-refractivity contribution in [3.8, 4) is 18.2 Å². The summed E-state index contributed by atoms with van der Waals surface area (Å²) in [7, 11) is 0. The minimum Gasteiger partial charge on any atom is -0.478 e. The average Bonchev–Trinajstić information content (AvgIpc) is 2.62. The van der Waals surface area contributed by atoms with Gasteiger partial charge < -0.3 is 15.3 Å². The van der Waals surface area contributed by atoms with Gasteiger partial charge in [0.05, 0.1) is 11.3 Å². The predicted molar refractivity (Wildman–Crippen MR) is 87.0 cm³/mol. The molecule has 24 heavy (non-hydrogen) atoms. The lowest BCUT2D eigenvalue weighted by atomic mass is 10.1. The highest BCUT2D eigenvalue weighted by atomic mass is 16.4. The van der Waals surface area contributed by atoms with E-state index in [1.54, 1.807) is 30.3 Å². The Morgan fingerprint density at radius 1 is 1.08 bits per heavy atom. The molecule has 1 fully saturated rings. The van der Waals surface area contributed by atoms with E-state index in [-0.39, 0.29) is 16.8 Å². The third kappa shape index (κ3) is 3.63. The number of carboxylic acid groups (broad SMARTS) is 1. The molecule has 7 heteroatoms. The quantitative estimate of drug-likeness (QED) is 0.817. The zero-order valence-electron chi connectivity index (χ0n) is 12.9. The highest BCUT2D eigenvalue weighted by molar-refractivity contribution is 5.96. The van der Waals surface area contributed by atoms with Crippen LogP contribution in [0.3, 0.4) is 0 Å². The molecule has 0 spiro atoms. The number of nitriles is 3. The Kier molecular flexibility index (Phi) is 5.39. The first-order valence-electron chi connectivity index (χ1n) is 7.44. The molecule has 1 aromatic carbocycles. The maximum atomic E-state index is 11.6. The van der Waals surface area contributed by atoms with E-state index in [1.165, 1.54) is 6.07 Å². The molecule has 1 aliphatic rings. The van der Waals surface area contributed by atoms with Crippen molar-refractivity contribution in [1.82, 2.24) is 0 Å². The van der Waals surface area contributed by atoms with Crippen LogP contribution in [-0.2, 0) is 0 Å². The fourth-order valence-corrected chi connectivity index (χ4v) is 2.62. The fraction of sp³-hybridized carbons (Fsp3) is 0.294. The molecule has 0 aromatic heterocycles. The lowest BCUT2D eigenvalue weighted by molar-refractivity contribution is 0.0697. The number of aromatic carboxylic acids is 1. The molecule has 0 amide bonds. The van der Waals surface area contributed by atoms with E-state index in [0.29, 0.717) is 11.4 Å². The second-order valence-corrected chi connectivity index (χ2v) is 5.30. The second-order valence-electron chi connectivity index (χ2n) is 5.30. The Balaban J connectivity index is 2.38. The van der Waals surface area contributed by atoms with Gasteiger partial charge >= 0.3 is 5.97 Å². The number of anilines is 2. The molecule has 1 aromatic rings. The van der Waals surface area contributed by atoms with Crippen molar-refractivity contribution in [3.05, 3.63) is 35.0 Å². The Morgan fingerprint density at radius 2 is 1.75 bits per heavy atom. The molecule has 0 aliphatic carbocycles. The Morgan fingerprint density at radius 3 is 2.29 bits per heavy atom. The lowest BCUT2D eigenvalue weighted by Crippen LogP contribution is -2.30. The molecular formula is C17H15N5O2. The van der Waals surface area contributed by atoms with Crippen molar-refractivity contribution < 1.29 is 9.90 Å². The maximum Gasteiger partial charge on any atom is 0.337 e. The molecular weight excluding hydrogens is 306 g/mol. The fourth-order valence-electron chi connectivity index (χ4n) is 2.62. The normalized spacial score (nSPS) is 13.1. The van der Waals surface area contributed by atoms with Crippen LogP contribution in [0.2, 0.25) is 0 Å². The van der Waals surface area contributed by atoms with Crippen LogP contribution in [0.1, 0.15) is 29.6 Å². The van der Waals surface area contributed by atoms with Crippen LogP contribution in [0.25, 0.3) is 0 Å². The minimum absolute atomic E-state index is 0.120. The van der Waals surface area contributed by atoms with E-state index in [2.05, 4.69) is 5.32 Å². The van der Waals surface area contributed by atoms with Crippen LogP contribution >= 0.6 is 0 Å². The SMILES string of the molecule is N#CC(C#N)=C(C#N)Nc1ccc(N2CCCCC2)c(C(=O)O)c1. The Labute approximate surface area is 139 Å². The first-order valence-corrected chi connectivity index (χ1v) is 7.44. The third-order valence-electron chi connectivity index (χ3n) is 3.78. The van der Waals surface area contributed by atoms with Crippen molar-refractivity contribution >= 4 is 17.3 Å². The van der Waals surface area contributed by atoms with Crippen LogP contribution in [-0.4, -0.2) is 24.2 Å². The summed E-state index contributed by atoms with van der Waals surface area (Å²) in [5.41, 5.74) is 0.537. The number of nitrogens with one attached hydrogen (secondary N) is 1. The molecule has 0 saturated carbocycles. The summed E-state index contributed by atoms with van der Waals surface area (Å²) in [5.74, 6) is -1.07. The molecule has 2 rings (SSSR count). The molecule has 0 bridgehead atoms. The van der Waals surface area contributed by atoms with E-state index in [4.69, 9.17) is 15.8 Å². The molecule has 0 unspecified atom stereocenters. The number of benzene rings is 1. The number of hydrogen-bond donors (Lipinski definition) is 2. The molecule has 0 atom stereocenters. The number of rotatable bonds is 4. The van der Waals surface area contributed by atoms with Gasteiger partial charge in [-0.2, -0.15) is 15.8 Å². The van der Waals surface area contributed by atoms with Crippen LogP contribution in [0.5, 0.6) is 0 Å². The Bertz CT molecular complexity index is 786. The van der Waals surface area contributed by atoms with Crippen molar-refractivity contribution in [1.29, 1.82) is 15.8 Å². The molecule has 0 radical (unpaired) electrons. The molecule has 1 heterocycles. The number of allylic oxidation sites excluding steroid dienone is 2. The van der Waals surface area contributed by atoms with E-state index in [9.17, 15) is 9.90 Å². The smallest absolute Gasteiger partial charge is 0.337 e. The van der Waals surface area contributed by atoms with Crippen molar-refractivity contribution in [2.75, 3.05) is 23.3 Å². The zero-order chi connectivity index (χ0) is 17.5. The lowest BCUT2D eigenvalue weighted by Gasteiger charge is -2.30. The van der Waals surface area contributed by atoms with Gasteiger partial charge in [0.15, 0.2) is 5.57 Å². The van der Waals surface area contributed by atoms with Gasteiger partial charge in [0.2, 0.25) is 0 Å². The van der Waals surface area contributed by atoms with E-state index >= 15 is 0 Å². The number of carboxylic acids is 1. The van der Waals surface area contributed by atoms with E-state index in [1.807, 2.05) is 4.90 Å². The summed E-state index contributed by atoms with van der Waals surface area (Å²) in [6.45, 7) is 1.62. The monoisotopic (exact) mass is 321 g/mol. The van der Waals surface area contributed by atoms with Gasteiger partial charge in [-0.25, -0.2) is 4.79 Å². The zero-order valence-corrected chi connectivity index (χ0v) is 12.9. The number of carbonyl (C=O) groups is 1. The summed E-state index contributed by atoms with van der Waals surface area (Å²) in [6, 6.07) is 9.75. The van der Waals surface area contributed by atoms with Gasteiger partial charge in [-0.05, 0) is 37.5 Å². The summed E-state index contributed by atoms with van der Waals surface area (Å²) < 4.78 is 0. The first kappa shape index (κ1) is 16.9. The number of hydrogen-bond acceptors (Lipinski definition) is 6. The largest absolute Gasteiger partial charge is 0.478 e. The minimum atomic E-state index is -1.07. The van der Waals surface area contributed by atoms with Crippen molar-refractivity contribution in [2.24, 2.45) is 0 Å². The second kappa shape index (κ2) is 7.67. The Hall–Kier alpha value is -3.50. The summed E-state index contributed by atoms with van der Waals surface area (Å²) in [5, 5.41) is 38.9. The highest BCUT2D eigenvalue weighted by Gasteiger charge is 2.19. The van der Waals surface area contributed by atoms with Gasteiger partial charge in [-0.15, -0.1) is 0 Å². The van der Waals surface area contributed by atoms with Gasteiger partial charge in [-0.3, -0.25) is 0 Å². The summed E-state index contributed by atoms with van der Waals surface area (Å²) in [4.78, 5) is 13.6. The third-order valence-corrected chi connectivity index (χ3v) is 3.78. The van der Waals surface area contributed by atoms with Crippen LogP contribution in [0.15, 0.2) is 29.5 Å². The molecule has 2 N–H and O–H groups in total. The molecule has 1 aliphatic heterocycles. The summed E-state index contributed by atoms with van der Waals surface area (Å²) >= 11 is 0. The number of piperidine rings is 1. The van der Waals surface area contributed by atoms with E-state index in [0.717, 1.165) is 32.4 Å². The molecule has 1 saturated heterocycles. The van der Waals surface area contributed by atoms with Gasteiger partial charge in [0, 0.05) is 18.8 Å². The topological polar surface area (TPSA) is 124 Å².